The molecular formula is C25H34N4O3. The maximum Gasteiger partial charge on any atom is 0.236 e. The number of nitrogens with zero attached hydrogens (tertiary/aromatic N) is 4. The summed E-state index contributed by atoms with van der Waals surface area (Å²) in [6.07, 6.45) is 0. The van der Waals surface area contributed by atoms with E-state index in [2.05, 4.69) is 39.0 Å². The van der Waals surface area contributed by atoms with Crippen LogP contribution in [0.15, 0.2) is 54.6 Å². The van der Waals surface area contributed by atoms with Crippen LogP contribution in [0, 0.1) is 0 Å². The fourth-order valence-electron chi connectivity index (χ4n) is 4.28. The Bertz CT molecular complexity index is 830. The number of para-hydroxylation sites is 1. The maximum absolute atomic E-state index is 12.8. The molecule has 0 saturated carbocycles. The number of ether oxygens (including phenoxy) is 2. The van der Waals surface area contributed by atoms with Crippen molar-refractivity contribution in [3.05, 3.63) is 54.6 Å². The van der Waals surface area contributed by atoms with E-state index in [1.54, 1.807) is 7.11 Å². The topological polar surface area (TPSA) is 48.5 Å². The first-order valence-corrected chi connectivity index (χ1v) is 11.5. The lowest BCUT2D eigenvalue weighted by Gasteiger charge is -2.38. The first kappa shape index (κ1) is 22.4. The molecule has 1 amide bonds. The molecule has 2 heterocycles. The number of hydrogen-bond donors (Lipinski definition) is 0. The smallest absolute Gasteiger partial charge is 0.236 e. The normalized spacial score (nSPS) is 17.9. The molecule has 2 aromatic carbocycles. The van der Waals surface area contributed by atoms with Crippen molar-refractivity contribution in [2.75, 3.05) is 84.1 Å². The van der Waals surface area contributed by atoms with Gasteiger partial charge in [0.15, 0.2) is 0 Å². The molecule has 2 aliphatic heterocycles. The SMILES string of the molecule is COc1ccc(OCCN2CCN(CC(=O)N3CCN(c4ccccc4)CC3)CC2)cc1. The Balaban J connectivity index is 1.12. The molecule has 2 saturated heterocycles. The fourth-order valence-corrected chi connectivity index (χ4v) is 4.28. The lowest BCUT2D eigenvalue weighted by molar-refractivity contribution is -0.133. The van der Waals surface area contributed by atoms with Crippen LogP contribution in [0.5, 0.6) is 11.5 Å². The minimum atomic E-state index is 0.258. The zero-order valence-corrected chi connectivity index (χ0v) is 19.0. The highest BCUT2D eigenvalue weighted by molar-refractivity contribution is 5.78. The Morgan fingerprint density at radius 1 is 0.781 bits per heavy atom. The summed E-state index contributed by atoms with van der Waals surface area (Å²) in [4.78, 5) is 21.9. The third-order valence-corrected chi connectivity index (χ3v) is 6.31. The Kier molecular flexibility index (Phi) is 7.85. The van der Waals surface area contributed by atoms with Crippen LogP contribution < -0.4 is 14.4 Å². The van der Waals surface area contributed by atoms with Crippen molar-refractivity contribution < 1.29 is 14.3 Å². The molecule has 2 aliphatic rings. The van der Waals surface area contributed by atoms with Crippen LogP contribution in [-0.2, 0) is 4.79 Å². The molecule has 0 aromatic heterocycles. The average molecular weight is 439 g/mol. The van der Waals surface area contributed by atoms with Crippen LogP contribution in [0.4, 0.5) is 5.69 Å². The monoisotopic (exact) mass is 438 g/mol. The molecule has 4 rings (SSSR count). The molecule has 7 heteroatoms. The molecule has 2 fully saturated rings. The Morgan fingerprint density at radius 3 is 2.06 bits per heavy atom. The van der Waals surface area contributed by atoms with Crippen LogP contribution in [-0.4, -0.2) is 99.8 Å². The molecule has 7 nitrogen and oxygen atoms in total. The van der Waals surface area contributed by atoms with Gasteiger partial charge < -0.3 is 19.3 Å². The van der Waals surface area contributed by atoms with Gasteiger partial charge in [0, 0.05) is 64.6 Å². The lowest BCUT2D eigenvalue weighted by atomic mass is 10.2. The second-order valence-electron chi connectivity index (χ2n) is 8.35. The molecule has 172 valence electrons. The maximum atomic E-state index is 12.8. The average Bonchev–Trinajstić information content (AvgIpc) is 2.86. The standard InChI is InChI=1S/C25H34N4O3/c1-31-23-7-9-24(10-8-23)32-20-19-26-11-13-27(14-12-26)21-25(30)29-17-15-28(16-18-29)22-5-3-2-4-6-22/h2-10H,11-21H2,1H3. The van der Waals surface area contributed by atoms with E-state index in [4.69, 9.17) is 9.47 Å². The molecule has 0 bridgehead atoms. The quantitative estimate of drug-likeness (QED) is 0.629. The van der Waals surface area contributed by atoms with E-state index in [-0.39, 0.29) is 5.91 Å². The number of amides is 1. The van der Waals surface area contributed by atoms with Gasteiger partial charge in [-0.25, -0.2) is 0 Å². The van der Waals surface area contributed by atoms with Gasteiger partial charge in [0.1, 0.15) is 18.1 Å². The van der Waals surface area contributed by atoms with Gasteiger partial charge in [-0.2, -0.15) is 0 Å². The van der Waals surface area contributed by atoms with Gasteiger partial charge in [0.25, 0.3) is 0 Å². The summed E-state index contributed by atoms with van der Waals surface area (Å²) in [5.74, 6) is 1.96. The summed E-state index contributed by atoms with van der Waals surface area (Å²) in [7, 11) is 1.66. The minimum absolute atomic E-state index is 0.258. The van der Waals surface area contributed by atoms with E-state index in [1.807, 2.05) is 35.2 Å². The van der Waals surface area contributed by atoms with Crippen LogP contribution in [0.2, 0.25) is 0 Å². The first-order valence-electron chi connectivity index (χ1n) is 11.5. The number of hydrogen-bond acceptors (Lipinski definition) is 6. The molecule has 0 atom stereocenters. The number of rotatable bonds is 8. The molecule has 2 aromatic rings. The van der Waals surface area contributed by atoms with Crippen molar-refractivity contribution in [2.45, 2.75) is 0 Å². The zero-order chi connectivity index (χ0) is 22.2. The predicted molar refractivity (Wildman–Crippen MR) is 127 cm³/mol. The van der Waals surface area contributed by atoms with Crippen molar-refractivity contribution in [1.29, 1.82) is 0 Å². The van der Waals surface area contributed by atoms with Crippen molar-refractivity contribution in [2.24, 2.45) is 0 Å². The Morgan fingerprint density at radius 2 is 1.41 bits per heavy atom. The number of piperazine rings is 2. The van der Waals surface area contributed by atoms with E-state index in [0.717, 1.165) is 70.4 Å². The predicted octanol–water partition coefficient (Wildman–Crippen LogP) is 2.04. The Labute approximate surface area is 191 Å². The Hall–Kier alpha value is -2.77. The number of anilines is 1. The zero-order valence-electron chi connectivity index (χ0n) is 19.0. The van der Waals surface area contributed by atoms with Gasteiger partial charge in [0.05, 0.1) is 13.7 Å². The van der Waals surface area contributed by atoms with E-state index < -0.39 is 0 Å². The molecule has 32 heavy (non-hydrogen) atoms. The summed E-state index contributed by atoms with van der Waals surface area (Å²) in [5.41, 5.74) is 1.24. The summed E-state index contributed by atoms with van der Waals surface area (Å²) >= 11 is 0. The van der Waals surface area contributed by atoms with Gasteiger partial charge in [-0.15, -0.1) is 0 Å². The van der Waals surface area contributed by atoms with E-state index in [1.165, 1.54) is 5.69 Å². The van der Waals surface area contributed by atoms with Crippen molar-refractivity contribution in [1.82, 2.24) is 14.7 Å². The second-order valence-corrected chi connectivity index (χ2v) is 8.35. The molecule has 0 unspecified atom stereocenters. The summed E-state index contributed by atoms with van der Waals surface area (Å²) in [6, 6.07) is 18.1. The highest BCUT2D eigenvalue weighted by Gasteiger charge is 2.24. The highest BCUT2D eigenvalue weighted by atomic mass is 16.5. The van der Waals surface area contributed by atoms with Crippen molar-refractivity contribution >= 4 is 11.6 Å². The first-order chi connectivity index (χ1) is 15.7. The molecule has 0 radical (unpaired) electrons. The van der Waals surface area contributed by atoms with Crippen LogP contribution >= 0.6 is 0 Å². The van der Waals surface area contributed by atoms with E-state index in [0.29, 0.717) is 13.2 Å². The minimum Gasteiger partial charge on any atom is -0.497 e. The summed E-state index contributed by atoms with van der Waals surface area (Å²) < 4.78 is 11.0. The second kappa shape index (κ2) is 11.2. The third kappa shape index (κ3) is 6.14. The van der Waals surface area contributed by atoms with Gasteiger partial charge in [-0.05, 0) is 36.4 Å². The molecule has 0 aliphatic carbocycles. The summed E-state index contributed by atoms with van der Waals surface area (Å²) in [6.45, 7) is 9.30. The van der Waals surface area contributed by atoms with Gasteiger partial charge in [0.2, 0.25) is 5.91 Å². The highest BCUT2D eigenvalue weighted by Crippen LogP contribution is 2.17. The fraction of sp³-hybridized carbons (Fsp3) is 0.480. The van der Waals surface area contributed by atoms with Gasteiger partial charge in [-0.3, -0.25) is 14.6 Å². The van der Waals surface area contributed by atoms with Crippen LogP contribution in [0.1, 0.15) is 0 Å². The van der Waals surface area contributed by atoms with E-state index in [9.17, 15) is 4.79 Å². The number of carbonyl (C=O) groups is 1. The largest absolute Gasteiger partial charge is 0.497 e. The number of benzene rings is 2. The van der Waals surface area contributed by atoms with E-state index >= 15 is 0 Å². The van der Waals surface area contributed by atoms with Crippen molar-refractivity contribution in [3.8, 4) is 11.5 Å². The van der Waals surface area contributed by atoms with Gasteiger partial charge >= 0.3 is 0 Å². The molecule has 0 N–H and O–H groups in total. The number of carbonyl (C=O) groups excluding carboxylic acids is 1. The summed E-state index contributed by atoms with van der Waals surface area (Å²) in [5, 5.41) is 0. The molecule has 0 spiro atoms. The van der Waals surface area contributed by atoms with Crippen molar-refractivity contribution in [3.63, 3.8) is 0 Å². The molecular weight excluding hydrogens is 404 g/mol. The van der Waals surface area contributed by atoms with Crippen LogP contribution in [0.3, 0.4) is 0 Å². The third-order valence-electron chi connectivity index (χ3n) is 6.31. The van der Waals surface area contributed by atoms with Crippen LogP contribution in [0.25, 0.3) is 0 Å². The lowest BCUT2D eigenvalue weighted by Crippen LogP contribution is -2.54. The number of methoxy groups -OCH3 is 1. The van der Waals surface area contributed by atoms with Gasteiger partial charge in [-0.1, -0.05) is 18.2 Å².